The monoisotopic (exact) mass is 377 g/mol. The summed E-state index contributed by atoms with van der Waals surface area (Å²) in [6, 6.07) is -1.10. The van der Waals surface area contributed by atoms with Crippen LogP contribution in [0.3, 0.4) is 0 Å². The summed E-state index contributed by atoms with van der Waals surface area (Å²) in [5, 5.41) is 14.5. The third-order valence-corrected chi connectivity index (χ3v) is 5.73. The van der Waals surface area contributed by atoms with Gasteiger partial charge in [0.2, 0.25) is 5.91 Å². The number of hydrogen-bond acceptors (Lipinski definition) is 6. The number of halogens is 2. The Labute approximate surface area is 150 Å². The van der Waals surface area contributed by atoms with E-state index in [1.807, 2.05) is 0 Å². The summed E-state index contributed by atoms with van der Waals surface area (Å²) in [4.78, 5) is 26.1. The van der Waals surface area contributed by atoms with Crippen LogP contribution in [-0.2, 0) is 9.59 Å². The molecule has 1 saturated carbocycles. The molecule has 6 atom stereocenters. The molecule has 2 heterocycles. The highest BCUT2D eigenvalue weighted by atomic mass is 35.5. The van der Waals surface area contributed by atoms with Crippen molar-refractivity contribution in [1.29, 1.82) is 0 Å². The van der Waals surface area contributed by atoms with Gasteiger partial charge in [-0.25, -0.2) is 15.2 Å². The van der Waals surface area contributed by atoms with E-state index in [1.165, 1.54) is 0 Å². The predicted molar refractivity (Wildman–Crippen MR) is 89.5 cm³/mol. The number of carboxylic acid groups (broad SMARTS) is 1. The van der Waals surface area contributed by atoms with Crippen LogP contribution >= 0.6 is 11.6 Å². The van der Waals surface area contributed by atoms with Crippen molar-refractivity contribution in [2.24, 2.45) is 5.92 Å². The maximum absolute atomic E-state index is 13.7. The molecule has 25 heavy (non-hydrogen) atoms. The highest BCUT2D eigenvalue weighted by Crippen LogP contribution is 2.31. The molecule has 0 aromatic rings. The first kappa shape index (κ1) is 18.8. The molecule has 3 fully saturated rings. The minimum Gasteiger partial charge on any atom is -0.481 e. The summed E-state index contributed by atoms with van der Waals surface area (Å²) < 4.78 is 13.7. The highest BCUT2D eigenvalue weighted by Gasteiger charge is 2.42. The molecular weight excluding hydrogens is 353 g/mol. The van der Waals surface area contributed by atoms with E-state index in [1.54, 1.807) is 0 Å². The fraction of sp³-hybridized carbons (Fsp3) is 0.867. The summed E-state index contributed by atoms with van der Waals surface area (Å²) in [6.07, 6.45) is 0.202. The Balaban J connectivity index is 1.52. The molecule has 0 radical (unpaired) electrons. The minimum atomic E-state index is -1.36. The lowest BCUT2D eigenvalue weighted by Crippen LogP contribution is -2.63. The van der Waals surface area contributed by atoms with Crippen LogP contribution in [0.25, 0.3) is 0 Å². The number of carboxylic acids is 1. The molecule has 0 aromatic carbocycles. The van der Waals surface area contributed by atoms with Crippen molar-refractivity contribution in [1.82, 2.24) is 26.4 Å². The van der Waals surface area contributed by atoms with E-state index in [9.17, 15) is 19.1 Å². The average molecular weight is 378 g/mol. The first-order valence-corrected chi connectivity index (χ1v) is 9.16. The first-order chi connectivity index (χ1) is 12.0. The average Bonchev–Trinajstić information content (AvgIpc) is 3.12. The number of hydrogen-bond donors (Lipinski definition) is 5. The molecule has 8 nitrogen and oxygen atoms in total. The summed E-state index contributed by atoms with van der Waals surface area (Å²) in [5.74, 6) is -2.33. The van der Waals surface area contributed by atoms with Crippen molar-refractivity contribution in [3.8, 4) is 0 Å². The zero-order chi connectivity index (χ0) is 18.0. The molecule has 2 aliphatic heterocycles. The van der Waals surface area contributed by atoms with Gasteiger partial charge in [0.15, 0.2) is 0 Å². The van der Waals surface area contributed by atoms with Gasteiger partial charge in [-0.1, -0.05) is 0 Å². The van der Waals surface area contributed by atoms with Crippen LogP contribution in [0.4, 0.5) is 4.39 Å². The predicted octanol–water partition coefficient (Wildman–Crippen LogP) is -0.643. The molecule has 2 saturated heterocycles. The van der Waals surface area contributed by atoms with Crippen molar-refractivity contribution >= 4 is 23.5 Å². The standard InChI is InChI=1S/C15H25ClFN5O3/c16-9-6-12(8(15(24)25)5-10(9)17)19-14(23)11-1-2-13(21-20-11)22-4-3-18-7-22/h8-13,18,20-21H,1-7H2,(H,19,23)(H,24,25). The molecule has 1 amide bonds. The normalized spacial score (nSPS) is 39.9. The Kier molecular flexibility index (Phi) is 6.11. The van der Waals surface area contributed by atoms with E-state index in [0.29, 0.717) is 6.42 Å². The maximum Gasteiger partial charge on any atom is 0.308 e. The molecule has 1 aliphatic carbocycles. The van der Waals surface area contributed by atoms with Crippen molar-refractivity contribution in [3.63, 3.8) is 0 Å². The van der Waals surface area contributed by atoms with E-state index in [-0.39, 0.29) is 24.9 Å². The van der Waals surface area contributed by atoms with Crippen LogP contribution in [0.5, 0.6) is 0 Å². The van der Waals surface area contributed by atoms with Gasteiger partial charge < -0.3 is 15.7 Å². The van der Waals surface area contributed by atoms with Crippen LogP contribution < -0.4 is 21.5 Å². The van der Waals surface area contributed by atoms with Crippen LogP contribution in [0.1, 0.15) is 25.7 Å². The van der Waals surface area contributed by atoms with E-state index < -0.39 is 35.5 Å². The summed E-state index contributed by atoms with van der Waals surface area (Å²) >= 11 is 5.93. The summed E-state index contributed by atoms with van der Waals surface area (Å²) in [6.45, 7) is 2.73. The third kappa shape index (κ3) is 4.40. The number of nitrogens with zero attached hydrogens (tertiary/aromatic N) is 1. The van der Waals surface area contributed by atoms with Crippen molar-refractivity contribution < 1.29 is 19.1 Å². The Morgan fingerprint density at radius 2 is 2.04 bits per heavy atom. The van der Waals surface area contributed by atoms with Crippen LogP contribution in [-0.4, -0.2) is 71.4 Å². The SMILES string of the molecule is O=C(NC1CC(Cl)C(F)CC1C(=O)O)C1CCC(N2CCNC2)NN1. The molecule has 0 aromatic heterocycles. The van der Waals surface area contributed by atoms with Gasteiger partial charge in [0.05, 0.1) is 17.5 Å². The van der Waals surface area contributed by atoms with Gasteiger partial charge in [-0.05, 0) is 25.7 Å². The second kappa shape index (κ2) is 8.13. The second-order valence-electron chi connectivity index (χ2n) is 6.97. The quantitative estimate of drug-likeness (QED) is 0.415. The lowest BCUT2D eigenvalue weighted by atomic mass is 9.83. The number of rotatable bonds is 4. The van der Waals surface area contributed by atoms with Crippen LogP contribution in [0, 0.1) is 5.92 Å². The lowest BCUT2D eigenvalue weighted by Gasteiger charge is -2.37. The van der Waals surface area contributed by atoms with Gasteiger partial charge in [-0.15, -0.1) is 11.6 Å². The number of hydrazine groups is 1. The molecule has 10 heteroatoms. The molecular formula is C15H25ClFN5O3. The van der Waals surface area contributed by atoms with Crippen LogP contribution in [0.2, 0.25) is 0 Å². The largest absolute Gasteiger partial charge is 0.481 e. The highest BCUT2D eigenvalue weighted by molar-refractivity contribution is 6.21. The Morgan fingerprint density at radius 1 is 1.24 bits per heavy atom. The second-order valence-corrected chi connectivity index (χ2v) is 7.53. The zero-order valence-corrected chi connectivity index (χ0v) is 14.6. The first-order valence-electron chi connectivity index (χ1n) is 8.73. The third-order valence-electron chi connectivity index (χ3n) is 5.28. The number of aliphatic carboxylic acids is 1. The van der Waals surface area contributed by atoms with Gasteiger partial charge in [-0.2, -0.15) is 0 Å². The van der Waals surface area contributed by atoms with E-state index in [4.69, 9.17) is 11.6 Å². The number of nitrogens with one attached hydrogen (secondary N) is 4. The van der Waals surface area contributed by atoms with Gasteiger partial charge in [0.25, 0.3) is 0 Å². The van der Waals surface area contributed by atoms with Crippen LogP contribution in [0.15, 0.2) is 0 Å². The molecule has 142 valence electrons. The molecule has 3 rings (SSSR count). The van der Waals surface area contributed by atoms with Gasteiger partial charge in [-0.3, -0.25) is 14.5 Å². The number of alkyl halides is 2. The summed E-state index contributed by atoms with van der Waals surface area (Å²) in [5.41, 5.74) is 6.17. The fourth-order valence-corrected chi connectivity index (χ4v) is 4.05. The van der Waals surface area contributed by atoms with Crippen molar-refractivity contribution in [2.45, 2.75) is 55.5 Å². The van der Waals surface area contributed by atoms with E-state index in [2.05, 4.69) is 26.4 Å². The number of carbonyl (C=O) groups excluding carboxylic acids is 1. The smallest absolute Gasteiger partial charge is 0.308 e. The zero-order valence-electron chi connectivity index (χ0n) is 13.9. The van der Waals surface area contributed by atoms with Gasteiger partial charge in [0, 0.05) is 25.8 Å². The Hall–Kier alpha value is -1.00. The molecule has 0 spiro atoms. The fourth-order valence-electron chi connectivity index (χ4n) is 3.75. The van der Waals surface area contributed by atoms with E-state index in [0.717, 1.165) is 26.2 Å². The van der Waals surface area contributed by atoms with Gasteiger partial charge in [0.1, 0.15) is 12.2 Å². The Bertz CT molecular complexity index is 500. The molecule has 5 N–H and O–H groups in total. The number of carbonyl (C=O) groups is 2. The minimum absolute atomic E-state index is 0.119. The van der Waals surface area contributed by atoms with Crippen molar-refractivity contribution in [3.05, 3.63) is 0 Å². The maximum atomic E-state index is 13.7. The molecule has 6 unspecified atom stereocenters. The molecule has 0 bridgehead atoms. The summed E-state index contributed by atoms with van der Waals surface area (Å²) in [7, 11) is 0. The Morgan fingerprint density at radius 3 is 2.64 bits per heavy atom. The lowest BCUT2D eigenvalue weighted by molar-refractivity contribution is -0.145. The van der Waals surface area contributed by atoms with E-state index >= 15 is 0 Å². The van der Waals surface area contributed by atoms with Gasteiger partial charge >= 0.3 is 5.97 Å². The van der Waals surface area contributed by atoms with Crippen molar-refractivity contribution in [2.75, 3.05) is 19.8 Å². The molecule has 3 aliphatic rings. The topological polar surface area (TPSA) is 106 Å². The number of amides is 1.